The van der Waals surface area contributed by atoms with Crippen LogP contribution in [0.4, 0.5) is 17.1 Å². The SMILES string of the molecule is COC(=O)c1ccccc1NC1=NC(N)(c2ccc(N3CCOCC3)cc2)Nc2cc[nH]c21. The molecule has 0 aliphatic carbocycles. The number of methoxy groups -OCH3 is 1. The zero-order chi connectivity index (χ0) is 22.8. The Morgan fingerprint density at radius 2 is 1.91 bits per heavy atom. The summed E-state index contributed by atoms with van der Waals surface area (Å²) in [6.07, 6.45) is 1.81. The number of fused-ring (bicyclic) bond motifs is 1. The molecule has 1 saturated heterocycles. The van der Waals surface area contributed by atoms with Crippen molar-refractivity contribution in [1.29, 1.82) is 0 Å². The molecule has 0 radical (unpaired) electrons. The summed E-state index contributed by atoms with van der Waals surface area (Å²) in [5.74, 6) is -1.11. The first kappa shape index (κ1) is 21.0. The minimum Gasteiger partial charge on any atom is -0.465 e. The number of hydrogen-bond donors (Lipinski definition) is 4. The summed E-state index contributed by atoms with van der Waals surface area (Å²) in [7, 11) is 1.36. The fraction of sp³-hybridized carbons (Fsp3) is 0.250. The van der Waals surface area contributed by atoms with Crippen molar-refractivity contribution >= 4 is 28.9 Å². The molecule has 9 nitrogen and oxygen atoms in total. The number of carbonyl (C=O) groups is 1. The quantitative estimate of drug-likeness (QED) is 0.455. The number of ether oxygens (including phenoxy) is 2. The number of hydrogen-bond acceptors (Lipinski definition) is 8. The van der Waals surface area contributed by atoms with Gasteiger partial charge in [-0.2, -0.15) is 0 Å². The fourth-order valence-corrected chi connectivity index (χ4v) is 4.12. The van der Waals surface area contributed by atoms with Gasteiger partial charge in [-0.1, -0.05) is 24.3 Å². The van der Waals surface area contributed by atoms with Gasteiger partial charge in [-0.3, -0.25) is 5.73 Å². The second kappa shape index (κ2) is 8.61. The number of aliphatic imine (C=N–C) groups is 1. The van der Waals surface area contributed by atoms with Crippen LogP contribution in [0.1, 0.15) is 21.6 Å². The third kappa shape index (κ3) is 4.04. The molecule has 1 aromatic heterocycles. The first-order valence-electron chi connectivity index (χ1n) is 10.8. The Balaban J connectivity index is 1.48. The number of benzene rings is 2. The standard InChI is InChI=1S/C24H26N6O3/c1-32-23(31)18-4-2-3-5-19(18)27-22-21-20(10-11-26-21)28-24(25,29-22)16-6-8-17(9-7-16)30-12-14-33-15-13-30/h2-11,26,28H,12-15,25H2,1H3,(H,27,29). The van der Waals surface area contributed by atoms with E-state index in [4.69, 9.17) is 20.2 Å². The first-order valence-corrected chi connectivity index (χ1v) is 10.8. The molecule has 1 atom stereocenters. The molecule has 2 aliphatic rings. The van der Waals surface area contributed by atoms with Gasteiger partial charge < -0.3 is 30.0 Å². The molecule has 5 N–H and O–H groups in total. The van der Waals surface area contributed by atoms with Crippen molar-refractivity contribution in [3.8, 4) is 0 Å². The highest BCUT2D eigenvalue weighted by Gasteiger charge is 2.34. The highest BCUT2D eigenvalue weighted by atomic mass is 16.5. The van der Waals surface area contributed by atoms with Gasteiger partial charge in [-0.15, -0.1) is 0 Å². The summed E-state index contributed by atoms with van der Waals surface area (Å²) in [6, 6.07) is 17.1. The van der Waals surface area contributed by atoms with Crippen molar-refractivity contribution in [2.24, 2.45) is 10.7 Å². The van der Waals surface area contributed by atoms with Crippen molar-refractivity contribution in [3.05, 3.63) is 77.6 Å². The number of carbonyl (C=O) groups excluding carboxylic acids is 1. The molecule has 0 spiro atoms. The normalized spacial score (nSPS) is 19.8. The third-order valence-corrected chi connectivity index (χ3v) is 5.87. The number of nitrogens with two attached hydrogens (primary N) is 1. The Labute approximate surface area is 191 Å². The summed E-state index contributed by atoms with van der Waals surface area (Å²) >= 11 is 0. The molecule has 5 rings (SSSR count). The maximum atomic E-state index is 12.2. The van der Waals surface area contributed by atoms with Crippen LogP contribution in [0.15, 0.2) is 65.8 Å². The van der Waals surface area contributed by atoms with Gasteiger partial charge in [0.05, 0.1) is 37.3 Å². The van der Waals surface area contributed by atoms with Crippen LogP contribution in [0, 0.1) is 0 Å². The van der Waals surface area contributed by atoms with E-state index in [1.807, 2.05) is 30.5 Å². The van der Waals surface area contributed by atoms with Gasteiger partial charge in [0.25, 0.3) is 0 Å². The first-order chi connectivity index (χ1) is 16.1. The topological polar surface area (TPSA) is 117 Å². The number of aromatic amines is 1. The van der Waals surface area contributed by atoms with Crippen LogP contribution in [-0.2, 0) is 15.3 Å². The molecule has 9 heteroatoms. The maximum Gasteiger partial charge on any atom is 0.339 e. The Bertz CT molecular complexity index is 1180. The Morgan fingerprint density at radius 1 is 1.15 bits per heavy atom. The molecular weight excluding hydrogens is 420 g/mol. The van der Waals surface area contributed by atoms with Crippen LogP contribution in [0.3, 0.4) is 0 Å². The smallest absolute Gasteiger partial charge is 0.339 e. The van der Waals surface area contributed by atoms with Gasteiger partial charge in [0.2, 0.25) is 5.79 Å². The van der Waals surface area contributed by atoms with Crippen LogP contribution in [0.25, 0.3) is 0 Å². The van der Waals surface area contributed by atoms with E-state index in [-0.39, 0.29) is 0 Å². The maximum absolute atomic E-state index is 12.2. The van der Waals surface area contributed by atoms with Crippen molar-refractivity contribution in [2.45, 2.75) is 5.79 Å². The molecule has 1 fully saturated rings. The van der Waals surface area contributed by atoms with Crippen molar-refractivity contribution in [3.63, 3.8) is 0 Å². The monoisotopic (exact) mass is 446 g/mol. The lowest BCUT2D eigenvalue weighted by Crippen LogP contribution is -2.47. The van der Waals surface area contributed by atoms with Gasteiger partial charge in [0.1, 0.15) is 5.69 Å². The lowest BCUT2D eigenvalue weighted by atomic mass is 10.0. The number of amidine groups is 1. The van der Waals surface area contributed by atoms with Crippen molar-refractivity contribution in [1.82, 2.24) is 4.98 Å². The summed E-state index contributed by atoms with van der Waals surface area (Å²) < 4.78 is 10.4. The number of nitrogens with one attached hydrogen (secondary N) is 3. The van der Waals surface area contributed by atoms with E-state index in [1.165, 1.54) is 7.11 Å². The minimum absolute atomic E-state index is 0.409. The van der Waals surface area contributed by atoms with Gasteiger partial charge in [0.15, 0.2) is 5.84 Å². The molecule has 1 unspecified atom stereocenters. The predicted molar refractivity (Wildman–Crippen MR) is 128 cm³/mol. The van der Waals surface area contributed by atoms with Crippen molar-refractivity contribution < 1.29 is 14.3 Å². The predicted octanol–water partition coefficient (Wildman–Crippen LogP) is 2.69. The highest BCUT2D eigenvalue weighted by molar-refractivity contribution is 6.13. The number of aromatic nitrogens is 1. The molecule has 3 aromatic rings. The van der Waals surface area contributed by atoms with Crippen molar-refractivity contribution in [2.75, 3.05) is 48.9 Å². The number of para-hydroxylation sites is 1. The Kier molecular flexibility index (Phi) is 5.49. The number of nitrogens with zero attached hydrogens (tertiary/aromatic N) is 2. The molecule has 2 aliphatic heterocycles. The van der Waals surface area contributed by atoms with Gasteiger partial charge in [0, 0.05) is 30.5 Å². The van der Waals surface area contributed by atoms with E-state index in [0.717, 1.165) is 48.9 Å². The fourth-order valence-electron chi connectivity index (χ4n) is 4.12. The number of esters is 1. The minimum atomic E-state index is -1.19. The summed E-state index contributed by atoms with van der Waals surface area (Å²) in [4.78, 5) is 22.5. The van der Waals surface area contributed by atoms with Crippen LogP contribution in [0.5, 0.6) is 0 Å². The average molecular weight is 447 g/mol. The van der Waals surface area contributed by atoms with E-state index in [0.29, 0.717) is 17.1 Å². The largest absolute Gasteiger partial charge is 0.465 e. The Hall–Kier alpha value is -3.82. The molecule has 0 amide bonds. The van der Waals surface area contributed by atoms with Crippen LogP contribution < -0.4 is 21.3 Å². The van der Waals surface area contributed by atoms with Gasteiger partial charge >= 0.3 is 5.97 Å². The molecule has 170 valence electrons. The molecule has 2 aromatic carbocycles. The van der Waals surface area contributed by atoms with E-state index in [9.17, 15) is 4.79 Å². The van der Waals surface area contributed by atoms with Crippen LogP contribution >= 0.6 is 0 Å². The third-order valence-electron chi connectivity index (χ3n) is 5.87. The average Bonchev–Trinajstić information content (AvgIpc) is 3.33. The Morgan fingerprint density at radius 3 is 2.67 bits per heavy atom. The molecule has 3 heterocycles. The number of H-pyrrole nitrogens is 1. The van der Waals surface area contributed by atoms with Crippen LogP contribution in [0.2, 0.25) is 0 Å². The lowest BCUT2D eigenvalue weighted by molar-refractivity contribution is 0.0602. The van der Waals surface area contributed by atoms with E-state index < -0.39 is 11.8 Å². The summed E-state index contributed by atoms with van der Waals surface area (Å²) in [5, 5.41) is 6.60. The van der Waals surface area contributed by atoms with Gasteiger partial charge in [-0.25, -0.2) is 9.79 Å². The number of anilines is 3. The number of rotatable bonds is 4. The van der Waals surface area contributed by atoms with Crippen LogP contribution in [-0.4, -0.2) is 50.2 Å². The molecule has 0 saturated carbocycles. The molecule has 0 bridgehead atoms. The summed E-state index contributed by atoms with van der Waals surface area (Å²) in [5.41, 5.74) is 11.3. The number of morpholine rings is 1. The highest BCUT2D eigenvalue weighted by Crippen LogP contribution is 2.32. The van der Waals surface area contributed by atoms with E-state index in [2.05, 4.69) is 32.7 Å². The van der Waals surface area contributed by atoms with Gasteiger partial charge in [-0.05, 0) is 30.3 Å². The molecular formula is C24H26N6O3. The molecule has 33 heavy (non-hydrogen) atoms. The lowest BCUT2D eigenvalue weighted by Gasteiger charge is -2.34. The van der Waals surface area contributed by atoms with E-state index >= 15 is 0 Å². The van der Waals surface area contributed by atoms with E-state index in [1.54, 1.807) is 18.2 Å². The zero-order valence-electron chi connectivity index (χ0n) is 18.3. The second-order valence-corrected chi connectivity index (χ2v) is 7.93. The second-order valence-electron chi connectivity index (χ2n) is 7.93. The zero-order valence-corrected chi connectivity index (χ0v) is 18.3. The summed E-state index contributed by atoms with van der Waals surface area (Å²) in [6.45, 7) is 3.19.